The number of nitrogens with two attached hydrogens (primary N) is 1. The Kier molecular flexibility index (Phi) is 7.30. The van der Waals surface area contributed by atoms with Gasteiger partial charge in [-0.15, -0.1) is 12.4 Å². The molecule has 1 heterocycles. The average molecular weight is 377 g/mol. The van der Waals surface area contributed by atoms with Crippen LogP contribution >= 0.6 is 12.4 Å². The summed E-state index contributed by atoms with van der Waals surface area (Å²) in [5.41, 5.74) is 8.59. The monoisotopic (exact) mass is 376 g/mol. The van der Waals surface area contributed by atoms with Gasteiger partial charge in [0.15, 0.2) is 0 Å². The number of carbonyl (C=O) groups is 1. The number of rotatable bonds is 5. The van der Waals surface area contributed by atoms with Crippen LogP contribution in [0.3, 0.4) is 0 Å². The van der Waals surface area contributed by atoms with Crippen molar-refractivity contribution >= 4 is 29.7 Å². The molecule has 1 aliphatic heterocycles. The number of benzene rings is 2. The molecule has 140 valence electrons. The van der Waals surface area contributed by atoms with Crippen LogP contribution in [0, 0.1) is 12.8 Å². The van der Waals surface area contributed by atoms with Gasteiger partial charge in [0.1, 0.15) is 5.75 Å². The van der Waals surface area contributed by atoms with Crippen LogP contribution in [0.25, 0.3) is 0 Å². The zero-order valence-corrected chi connectivity index (χ0v) is 15.7. The standard InChI is InChI=1S/C20H24N2O3.ClH/c1-14-5-6-18(22-20(23)16-3-2-4-17(21)11-16)12-19(14)25-13-15-7-9-24-10-8-15;/h2-6,11-12,15H,7-10,13,21H2,1H3,(H,22,23);1H. The molecule has 2 aromatic carbocycles. The Bertz CT molecular complexity index is 746. The number of ether oxygens (including phenoxy) is 2. The molecule has 6 heteroatoms. The highest BCUT2D eigenvalue weighted by atomic mass is 35.5. The predicted octanol–water partition coefficient (Wildman–Crippen LogP) is 4.06. The van der Waals surface area contributed by atoms with Crippen LogP contribution in [0.2, 0.25) is 0 Å². The maximum Gasteiger partial charge on any atom is 0.255 e. The van der Waals surface area contributed by atoms with E-state index in [0.29, 0.717) is 29.5 Å². The van der Waals surface area contributed by atoms with Gasteiger partial charge >= 0.3 is 0 Å². The number of anilines is 2. The van der Waals surface area contributed by atoms with Crippen molar-refractivity contribution < 1.29 is 14.3 Å². The summed E-state index contributed by atoms with van der Waals surface area (Å²) in [6, 6.07) is 12.6. The maximum atomic E-state index is 12.3. The van der Waals surface area contributed by atoms with Crippen molar-refractivity contribution in [1.29, 1.82) is 0 Å². The molecular formula is C20H25ClN2O3. The van der Waals surface area contributed by atoms with E-state index in [9.17, 15) is 4.79 Å². The minimum atomic E-state index is -0.188. The van der Waals surface area contributed by atoms with Crippen LogP contribution in [0.5, 0.6) is 5.75 Å². The highest BCUT2D eigenvalue weighted by Crippen LogP contribution is 2.25. The molecule has 0 radical (unpaired) electrons. The highest BCUT2D eigenvalue weighted by Gasteiger charge is 2.15. The van der Waals surface area contributed by atoms with Crippen molar-refractivity contribution in [2.45, 2.75) is 19.8 Å². The van der Waals surface area contributed by atoms with E-state index in [-0.39, 0.29) is 18.3 Å². The van der Waals surface area contributed by atoms with E-state index in [4.69, 9.17) is 15.2 Å². The zero-order valence-electron chi connectivity index (χ0n) is 14.9. The van der Waals surface area contributed by atoms with Crippen LogP contribution in [0.1, 0.15) is 28.8 Å². The molecule has 0 saturated carbocycles. The second-order valence-corrected chi connectivity index (χ2v) is 6.43. The van der Waals surface area contributed by atoms with Crippen molar-refractivity contribution in [3.8, 4) is 5.75 Å². The first-order valence-electron chi connectivity index (χ1n) is 8.60. The molecule has 3 rings (SSSR count). The second kappa shape index (κ2) is 9.46. The number of hydrogen-bond donors (Lipinski definition) is 2. The van der Waals surface area contributed by atoms with Crippen LogP contribution in [-0.2, 0) is 4.74 Å². The fraction of sp³-hybridized carbons (Fsp3) is 0.350. The van der Waals surface area contributed by atoms with Crippen LogP contribution in [0.15, 0.2) is 42.5 Å². The molecule has 3 N–H and O–H groups in total. The van der Waals surface area contributed by atoms with E-state index in [1.165, 1.54) is 0 Å². The average Bonchev–Trinajstić information content (AvgIpc) is 2.63. The van der Waals surface area contributed by atoms with Gasteiger partial charge in [0.2, 0.25) is 0 Å². The Morgan fingerprint density at radius 2 is 2.00 bits per heavy atom. The molecule has 26 heavy (non-hydrogen) atoms. The Morgan fingerprint density at radius 3 is 2.73 bits per heavy atom. The van der Waals surface area contributed by atoms with Gasteiger partial charge in [0.05, 0.1) is 6.61 Å². The minimum absolute atomic E-state index is 0. The lowest BCUT2D eigenvalue weighted by Crippen LogP contribution is -2.21. The van der Waals surface area contributed by atoms with Crippen LogP contribution in [-0.4, -0.2) is 25.7 Å². The summed E-state index contributed by atoms with van der Waals surface area (Å²) in [6.45, 7) is 4.30. The van der Waals surface area contributed by atoms with Crippen molar-refractivity contribution in [2.75, 3.05) is 30.9 Å². The summed E-state index contributed by atoms with van der Waals surface area (Å²) in [4.78, 5) is 12.3. The molecule has 0 aromatic heterocycles. The van der Waals surface area contributed by atoms with Crippen molar-refractivity contribution in [2.24, 2.45) is 5.92 Å². The Labute approximate surface area is 160 Å². The van der Waals surface area contributed by atoms with E-state index in [1.807, 2.05) is 25.1 Å². The molecule has 2 aromatic rings. The molecule has 5 nitrogen and oxygen atoms in total. The van der Waals surface area contributed by atoms with Crippen molar-refractivity contribution in [1.82, 2.24) is 0 Å². The maximum absolute atomic E-state index is 12.3. The first-order valence-corrected chi connectivity index (χ1v) is 8.60. The van der Waals surface area contributed by atoms with Gasteiger partial charge in [-0.2, -0.15) is 0 Å². The third kappa shape index (κ3) is 5.38. The van der Waals surface area contributed by atoms with E-state index < -0.39 is 0 Å². The molecule has 0 atom stereocenters. The van der Waals surface area contributed by atoms with E-state index >= 15 is 0 Å². The van der Waals surface area contributed by atoms with E-state index in [1.54, 1.807) is 24.3 Å². The summed E-state index contributed by atoms with van der Waals surface area (Å²) >= 11 is 0. The molecule has 0 unspecified atom stereocenters. The molecule has 0 aliphatic carbocycles. The molecule has 1 fully saturated rings. The summed E-state index contributed by atoms with van der Waals surface area (Å²) in [7, 11) is 0. The lowest BCUT2D eigenvalue weighted by molar-refractivity contribution is 0.0496. The van der Waals surface area contributed by atoms with Crippen LogP contribution in [0.4, 0.5) is 11.4 Å². The normalized spacial score (nSPS) is 14.3. The fourth-order valence-electron chi connectivity index (χ4n) is 2.84. The van der Waals surface area contributed by atoms with Gasteiger partial charge < -0.3 is 20.5 Å². The largest absolute Gasteiger partial charge is 0.493 e. The lowest BCUT2D eigenvalue weighted by Gasteiger charge is -2.22. The molecule has 1 aliphatic rings. The Morgan fingerprint density at radius 1 is 1.23 bits per heavy atom. The topological polar surface area (TPSA) is 73.6 Å². The van der Waals surface area contributed by atoms with Gasteiger partial charge in [-0.25, -0.2) is 0 Å². The number of amides is 1. The molecule has 0 spiro atoms. The molecular weight excluding hydrogens is 352 g/mol. The molecule has 0 bridgehead atoms. The Balaban J connectivity index is 0.00000243. The van der Waals surface area contributed by atoms with Gasteiger partial charge in [-0.1, -0.05) is 12.1 Å². The summed E-state index contributed by atoms with van der Waals surface area (Å²) in [6.07, 6.45) is 2.07. The number of halogens is 1. The number of nitrogens with one attached hydrogen (secondary N) is 1. The zero-order chi connectivity index (χ0) is 17.6. The number of nitrogen functional groups attached to an aromatic ring is 1. The summed E-state index contributed by atoms with van der Waals surface area (Å²) in [5.74, 6) is 1.14. The van der Waals surface area contributed by atoms with Gasteiger partial charge in [0.25, 0.3) is 5.91 Å². The summed E-state index contributed by atoms with van der Waals surface area (Å²) < 4.78 is 11.4. The Hall–Kier alpha value is -2.24. The van der Waals surface area contributed by atoms with Crippen molar-refractivity contribution in [3.63, 3.8) is 0 Å². The number of aryl methyl sites for hydroxylation is 1. The first kappa shape index (κ1) is 20.1. The third-order valence-electron chi connectivity index (χ3n) is 4.41. The second-order valence-electron chi connectivity index (χ2n) is 6.43. The van der Waals surface area contributed by atoms with Gasteiger partial charge in [0, 0.05) is 36.2 Å². The number of carbonyl (C=O) groups excluding carboxylic acids is 1. The van der Waals surface area contributed by atoms with Crippen molar-refractivity contribution in [3.05, 3.63) is 53.6 Å². The third-order valence-corrected chi connectivity index (χ3v) is 4.41. The lowest BCUT2D eigenvalue weighted by atomic mass is 10.0. The number of hydrogen-bond acceptors (Lipinski definition) is 4. The summed E-state index contributed by atoms with van der Waals surface area (Å²) in [5, 5.41) is 2.90. The van der Waals surface area contributed by atoms with E-state index in [2.05, 4.69) is 5.32 Å². The minimum Gasteiger partial charge on any atom is -0.493 e. The molecule has 1 amide bonds. The SMILES string of the molecule is Cc1ccc(NC(=O)c2cccc(N)c2)cc1OCC1CCOCC1.Cl. The first-order chi connectivity index (χ1) is 12.1. The fourth-order valence-corrected chi connectivity index (χ4v) is 2.84. The highest BCUT2D eigenvalue weighted by molar-refractivity contribution is 6.04. The molecule has 1 saturated heterocycles. The van der Waals surface area contributed by atoms with E-state index in [0.717, 1.165) is 37.4 Å². The predicted molar refractivity (Wildman–Crippen MR) is 106 cm³/mol. The van der Waals surface area contributed by atoms with Crippen LogP contribution < -0.4 is 15.8 Å². The smallest absolute Gasteiger partial charge is 0.255 e. The van der Waals surface area contributed by atoms with Gasteiger partial charge in [-0.05, 0) is 55.5 Å². The quantitative estimate of drug-likeness (QED) is 0.772. The van der Waals surface area contributed by atoms with Gasteiger partial charge in [-0.3, -0.25) is 4.79 Å².